The van der Waals surface area contributed by atoms with Crippen molar-refractivity contribution in [3.8, 4) is 0 Å². The number of aromatic nitrogens is 1. The van der Waals surface area contributed by atoms with Gasteiger partial charge in [0.1, 0.15) is 5.82 Å². The summed E-state index contributed by atoms with van der Waals surface area (Å²) in [4.78, 5) is 4.97. The van der Waals surface area contributed by atoms with Gasteiger partial charge in [0.05, 0.1) is 0 Å². The van der Waals surface area contributed by atoms with Crippen LogP contribution < -0.4 is 5.32 Å². The third-order valence-corrected chi connectivity index (χ3v) is 3.09. The Bertz CT molecular complexity index is 485. The first kappa shape index (κ1) is 11.9. The molecule has 1 heterocycles. The number of anilines is 1. The third-order valence-electron chi connectivity index (χ3n) is 2.35. The van der Waals surface area contributed by atoms with Gasteiger partial charge in [-0.15, -0.1) is 11.8 Å². The van der Waals surface area contributed by atoms with E-state index in [9.17, 15) is 4.39 Å². The summed E-state index contributed by atoms with van der Waals surface area (Å²) in [6.07, 6.45) is 2.05. The van der Waals surface area contributed by atoms with Crippen LogP contribution in [0.5, 0.6) is 0 Å². The Balaban J connectivity index is 1.97. The highest BCUT2D eigenvalue weighted by atomic mass is 32.2. The minimum Gasteiger partial charge on any atom is -0.366 e. The van der Waals surface area contributed by atoms with Crippen LogP contribution in [0.1, 0.15) is 5.56 Å². The largest absolute Gasteiger partial charge is 0.366 e. The molecule has 1 aromatic carbocycles. The highest BCUT2D eigenvalue weighted by Gasteiger charge is 1.97. The van der Waals surface area contributed by atoms with Gasteiger partial charge in [-0.1, -0.05) is 18.2 Å². The summed E-state index contributed by atoms with van der Waals surface area (Å²) < 4.78 is 12.8. The van der Waals surface area contributed by atoms with Crippen LogP contribution in [-0.4, -0.2) is 11.2 Å². The molecule has 0 spiro atoms. The van der Waals surface area contributed by atoms with E-state index in [0.717, 1.165) is 5.56 Å². The van der Waals surface area contributed by atoms with Gasteiger partial charge in [0, 0.05) is 11.4 Å². The molecule has 0 aliphatic heterocycles. The first-order valence-corrected chi connectivity index (χ1v) is 6.50. The summed E-state index contributed by atoms with van der Waals surface area (Å²) in [6, 6.07) is 13.0. The minimum absolute atomic E-state index is 0.465. The van der Waals surface area contributed by atoms with Crippen molar-refractivity contribution < 1.29 is 4.39 Å². The normalized spacial score (nSPS) is 10.2. The van der Waals surface area contributed by atoms with E-state index in [1.54, 1.807) is 23.9 Å². The second kappa shape index (κ2) is 5.68. The molecular weight excluding hydrogens is 235 g/mol. The van der Waals surface area contributed by atoms with Crippen molar-refractivity contribution in [2.24, 2.45) is 0 Å². The molecule has 88 valence electrons. The number of thioether (sulfide) groups is 1. The van der Waals surface area contributed by atoms with Crippen LogP contribution in [0.25, 0.3) is 0 Å². The Kier molecular flexibility index (Phi) is 3.98. The molecule has 2 aromatic rings. The molecule has 1 aromatic heterocycles. The second-order valence-corrected chi connectivity index (χ2v) is 4.43. The van der Waals surface area contributed by atoms with Gasteiger partial charge in [-0.05, 0) is 36.1 Å². The van der Waals surface area contributed by atoms with Gasteiger partial charge < -0.3 is 5.32 Å². The maximum atomic E-state index is 12.8. The lowest BCUT2D eigenvalue weighted by Gasteiger charge is -2.06. The van der Waals surface area contributed by atoms with E-state index in [1.807, 2.05) is 6.26 Å². The van der Waals surface area contributed by atoms with E-state index < -0.39 is 5.95 Å². The molecule has 0 amide bonds. The molecule has 0 atom stereocenters. The predicted molar refractivity (Wildman–Crippen MR) is 69.7 cm³/mol. The summed E-state index contributed by atoms with van der Waals surface area (Å²) in [6.45, 7) is 0.644. The van der Waals surface area contributed by atoms with Crippen molar-refractivity contribution in [2.45, 2.75) is 11.4 Å². The fraction of sp³-hybridized carbons (Fsp3) is 0.154. The zero-order chi connectivity index (χ0) is 12.1. The summed E-state index contributed by atoms with van der Waals surface area (Å²) in [5.41, 5.74) is 1.15. The molecular formula is C13H13FN2S. The average molecular weight is 248 g/mol. The quantitative estimate of drug-likeness (QED) is 0.661. The van der Waals surface area contributed by atoms with E-state index in [0.29, 0.717) is 12.4 Å². The number of pyridine rings is 1. The second-order valence-electron chi connectivity index (χ2n) is 3.55. The number of nitrogens with zero attached hydrogens (tertiary/aromatic N) is 1. The fourth-order valence-corrected chi connectivity index (χ4v) is 1.85. The molecule has 0 unspecified atom stereocenters. The number of hydrogen-bond acceptors (Lipinski definition) is 3. The zero-order valence-corrected chi connectivity index (χ0v) is 10.3. The Morgan fingerprint density at radius 3 is 2.59 bits per heavy atom. The molecule has 17 heavy (non-hydrogen) atoms. The smallest absolute Gasteiger partial charge is 0.214 e. The van der Waals surface area contributed by atoms with E-state index >= 15 is 0 Å². The van der Waals surface area contributed by atoms with Crippen LogP contribution in [0.3, 0.4) is 0 Å². The predicted octanol–water partition coefficient (Wildman–Crippen LogP) is 3.55. The van der Waals surface area contributed by atoms with Crippen LogP contribution in [0.15, 0.2) is 47.4 Å². The Labute approximate surface area is 104 Å². The molecule has 0 radical (unpaired) electrons. The summed E-state index contributed by atoms with van der Waals surface area (Å²) >= 11 is 1.71. The van der Waals surface area contributed by atoms with Crippen molar-refractivity contribution in [3.63, 3.8) is 0 Å². The molecule has 2 nitrogen and oxygen atoms in total. The number of benzene rings is 1. The molecule has 0 bridgehead atoms. The first-order valence-electron chi connectivity index (χ1n) is 5.27. The minimum atomic E-state index is -0.465. The Morgan fingerprint density at radius 2 is 1.94 bits per heavy atom. The summed E-state index contributed by atoms with van der Waals surface area (Å²) in [5, 5.41) is 3.08. The number of halogens is 1. The highest BCUT2D eigenvalue weighted by Crippen LogP contribution is 2.15. The molecule has 4 heteroatoms. The van der Waals surface area contributed by atoms with Gasteiger partial charge in [-0.25, -0.2) is 4.98 Å². The van der Waals surface area contributed by atoms with Crippen LogP contribution in [0.4, 0.5) is 10.2 Å². The Hall–Kier alpha value is -1.55. The van der Waals surface area contributed by atoms with Gasteiger partial charge >= 0.3 is 0 Å². The average Bonchev–Trinajstić information content (AvgIpc) is 2.37. The van der Waals surface area contributed by atoms with Gasteiger partial charge in [-0.2, -0.15) is 4.39 Å². The van der Waals surface area contributed by atoms with Crippen LogP contribution >= 0.6 is 11.8 Å². The van der Waals surface area contributed by atoms with Crippen molar-refractivity contribution in [3.05, 3.63) is 54.0 Å². The monoisotopic (exact) mass is 248 g/mol. The van der Waals surface area contributed by atoms with E-state index in [1.165, 1.54) is 11.0 Å². The highest BCUT2D eigenvalue weighted by molar-refractivity contribution is 7.98. The van der Waals surface area contributed by atoms with Crippen molar-refractivity contribution in [1.82, 2.24) is 4.98 Å². The number of hydrogen-bond donors (Lipinski definition) is 1. The number of nitrogens with one attached hydrogen (secondary N) is 1. The SMILES string of the molecule is CSc1ccc(CNc2cccc(F)n2)cc1. The topological polar surface area (TPSA) is 24.9 Å². The van der Waals surface area contributed by atoms with Crippen LogP contribution in [0, 0.1) is 5.95 Å². The molecule has 0 aliphatic rings. The molecule has 1 N–H and O–H groups in total. The van der Waals surface area contributed by atoms with Gasteiger partial charge in [0.2, 0.25) is 5.95 Å². The first-order chi connectivity index (χ1) is 8.28. The van der Waals surface area contributed by atoms with E-state index in [-0.39, 0.29) is 0 Å². The molecule has 0 saturated heterocycles. The molecule has 0 aliphatic carbocycles. The molecule has 0 saturated carbocycles. The Morgan fingerprint density at radius 1 is 1.18 bits per heavy atom. The van der Waals surface area contributed by atoms with Gasteiger partial charge in [0.25, 0.3) is 0 Å². The van der Waals surface area contributed by atoms with E-state index in [2.05, 4.69) is 34.6 Å². The van der Waals surface area contributed by atoms with Crippen molar-refractivity contribution >= 4 is 17.6 Å². The molecule has 2 rings (SSSR count). The van der Waals surface area contributed by atoms with Gasteiger partial charge in [0.15, 0.2) is 0 Å². The molecule has 0 fully saturated rings. The van der Waals surface area contributed by atoms with Crippen LogP contribution in [0.2, 0.25) is 0 Å². The maximum absolute atomic E-state index is 12.8. The maximum Gasteiger partial charge on any atom is 0.214 e. The summed E-state index contributed by atoms with van der Waals surface area (Å²) in [5.74, 6) is 0.0895. The summed E-state index contributed by atoms with van der Waals surface area (Å²) in [7, 11) is 0. The van der Waals surface area contributed by atoms with Gasteiger partial charge in [-0.3, -0.25) is 0 Å². The van der Waals surface area contributed by atoms with Crippen molar-refractivity contribution in [2.75, 3.05) is 11.6 Å². The van der Waals surface area contributed by atoms with Crippen molar-refractivity contribution in [1.29, 1.82) is 0 Å². The zero-order valence-electron chi connectivity index (χ0n) is 9.48. The lowest BCUT2D eigenvalue weighted by molar-refractivity contribution is 0.585. The lowest BCUT2D eigenvalue weighted by atomic mass is 10.2. The fourth-order valence-electron chi connectivity index (χ4n) is 1.44. The van der Waals surface area contributed by atoms with E-state index in [4.69, 9.17) is 0 Å². The third kappa shape index (κ3) is 3.46. The standard InChI is InChI=1S/C13H13FN2S/c1-17-11-7-5-10(6-8-11)9-15-13-4-2-3-12(14)16-13/h2-8H,9H2,1H3,(H,15,16). The van der Waals surface area contributed by atoms with Crippen LogP contribution in [-0.2, 0) is 6.54 Å². The lowest BCUT2D eigenvalue weighted by Crippen LogP contribution is -2.01. The number of rotatable bonds is 4.